The molecule has 0 bridgehead atoms. The third-order valence-corrected chi connectivity index (χ3v) is 7.93. The number of likely N-dealkylation sites (tertiary alicyclic amines) is 1. The van der Waals surface area contributed by atoms with Gasteiger partial charge in [0.2, 0.25) is 5.91 Å². The highest BCUT2D eigenvalue weighted by molar-refractivity contribution is 6.30. The van der Waals surface area contributed by atoms with Crippen molar-refractivity contribution < 1.29 is 14.0 Å². The molecule has 5 rings (SSSR count). The fourth-order valence-corrected chi connectivity index (χ4v) is 6.09. The number of nitrogens with one attached hydrogen (secondary N) is 1. The van der Waals surface area contributed by atoms with Crippen LogP contribution in [-0.2, 0) is 17.9 Å². The van der Waals surface area contributed by atoms with Crippen LogP contribution in [0.2, 0.25) is 5.02 Å². The van der Waals surface area contributed by atoms with Crippen molar-refractivity contribution in [2.45, 2.75) is 52.2 Å². The summed E-state index contributed by atoms with van der Waals surface area (Å²) in [6, 6.07) is 11.0. The van der Waals surface area contributed by atoms with Gasteiger partial charge in [-0.05, 0) is 55.8 Å². The molecule has 3 aromatic rings. The number of aromatic nitrogens is 1. The van der Waals surface area contributed by atoms with E-state index in [4.69, 9.17) is 16.0 Å². The maximum absolute atomic E-state index is 13.7. The number of furan rings is 1. The van der Waals surface area contributed by atoms with Crippen LogP contribution in [0.3, 0.4) is 0 Å². The van der Waals surface area contributed by atoms with E-state index in [0.29, 0.717) is 47.8 Å². The van der Waals surface area contributed by atoms with Crippen molar-refractivity contribution in [3.05, 3.63) is 58.9 Å². The molecule has 7 nitrogen and oxygen atoms in total. The maximum Gasteiger partial charge on any atom is 0.271 e. The number of rotatable bonds is 7. The minimum absolute atomic E-state index is 0.138. The molecule has 1 saturated heterocycles. The van der Waals surface area contributed by atoms with Gasteiger partial charge in [0, 0.05) is 43.3 Å². The molecule has 2 aromatic heterocycles. The van der Waals surface area contributed by atoms with E-state index < -0.39 is 5.54 Å². The van der Waals surface area contributed by atoms with Crippen LogP contribution in [0.1, 0.15) is 49.7 Å². The lowest BCUT2D eigenvalue weighted by Gasteiger charge is -2.44. The van der Waals surface area contributed by atoms with Gasteiger partial charge in [-0.2, -0.15) is 0 Å². The van der Waals surface area contributed by atoms with Crippen LogP contribution in [0, 0.1) is 11.8 Å². The molecular weight excluding hydrogens is 476 g/mol. The van der Waals surface area contributed by atoms with Crippen LogP contribution < -0.4 is 5.32 Å². The minimum Gasteiger partial charge on any atom is -0.463 e. The van der Waals surface area contributed by atoms with E-state index in [1.807, 2.05) is 29.7 Å². The molecule has 2 aliphatic rings. The van der Waals surface area contributed by atoms with Gasteiger partial charge in [-0.15, -0.1) is 0 Å². The van der Waals surface area contributed by atoms with Gasteiger partial charge in [0.1, 0.15) is 11.2 Å². The van der Waals surface area contributed by atoms with Crippen molar-refractivity contribution >= 4 is 34.5 Å². The van der Waals surface area contributed by atoms with Crippen molar-refractivity contribution in [1.82, 2.24) is 19.7 Å². The predicted molar refractivity (Wildman–Crippen MR) is 141 cm³/mol. The molecule has 0 spiro atoms. The first-order valence-corrected chi connectivity index (χ1v) is 13.3. The second kappa shape index (κ2) is 9.94. The summed E-state index contributed by atoms with van der Waals surface area (Å²) in [5.74, 6) is 1.11. The van der Waals surface area contributed by atoms with E-state index in [0.717, 1.165) is 37.1 Å². The largest absolute Gasteiger partial charge is 0.463 e. The highest BCUT2D eigenvalue weighted by Gasteiger charge is 2.47. The molecule has 36 heavy (non-hydrogen) atoms. The highest BCUT2D eigenvalue weighted by Crippen LogP contribution is 2.34. The quantitative estimate of drug-likeness (QED) is 0.464. The Kier molecular flexibility index (Phi) is 6.88. The third-order valence-electron chi connectivity index (χ3n) is 7.67. The second-order valence-electron chi connectivity index (χ2n) is 10.9. The number of piperidine rings is 1. The molecule has 1 N–H and O–H groups in total. The van der Waals surface area contributed by atoms with Gasteiger partial charge in [-0.25, -0.2) is 0 Å². The van der Waals surface area contributed by atoms with Crippen LogP contribution in [-0.4, -0.2) is 57.9 Å². The van der Waals surface area contributed by atoms with E-state index >= 15 is 0 Å². The summed E-state index contributed by atoms with van der Waals surface area (Å²) in [6.45, 7) is 11.0. The summed E-state index contributed by atoms with van der Waals surface area (Å²) in [7, 11) is 0. The van der Waals surface area contributed by atoms with Crippen LogP contribution in [0.25, 0.3) is 11.1 Å². The average molecular weight is 511 g/mol. The average Bonchev–Trinajstić information content (AvgIpc) is 3.42. The number of hydrogen-bond acceptors (Lipinski definition) is 4. The fourth-order valence-electron chi connectivity index (χ4n) is 5.96. The number of amides is 2. The zero-order valence-electron chi connectivity index (χ0n) is 21.3. The molecule has 4 heterocycles. The molecule has 1 aromatic carbocycles. The molecular formula is C28H35ClN4O3. The van der Waals surface area contributed by atoms with Crippen molar-refractivity contribution in [3.63, 3.8) is 0 Å². The van der Waals surface area contributed by atoms with Gasteiger partial charge in [-0.3, -0.25) is 9.59 Å². The first kappa shape index (κ1) is 24.9. The van der Waals surface area contributed by atoms with Gasteiger partial charge in [0.05, 0.1) is 18.3 Å². The summed E-state index contributed by atoms with van der Waals surface area (Å²) in [5, 5.41) is 3.78. The molecule has 0 aliphatic carbocycles. The second-order valence-corrected chi connectivity index (χ2v) is 11.3. The van der Waals surface area contributed by atoms with Crippen molar-refractivity contribution in [3.8, 4) is 0 Å². The summed E-state index contributed by atoms with van der Waals surface area (Å²) in [5.41, 5.74) is 1.89. The Labute approximate surface area is 217 Å². The Morgan fingerprint density at radius 1 is 1.17 bits per heavy atom. The molecule has 1 fully saturated rings. The van der Waals surface area contributed by atoms with Gasteiger partial charge in [0.25, 0.3) is 5.91 Å². The molecule has 8 heteroatoms. The summed E-state index contributed by atoms with van der Waals surface area (Å²) >= 11 is 6.07. The Balaban J connectivity index is 1.33. The van der Waals surface area contributed by atoms with Gasteiger partial charge < -0.3 is 24.1 Å². The van der Waals surface area contributed by atoms with Crippen molar-refractivity contribution in [1.29, 1.82) is 0 Å². The zero-order chi connectivity index (χ0) is 25.4. The highest BCUT2D eigenvalue weighted by atomic mass is 35.5. The molecule has 0 radical (unpaired) electrons. The normalized spacial score (nSPS) is 24.8. The van der Waals surface area contributed by atoms with E-state index in [1.165, 1.54) is 6.42 Å². The summed E-state index contributed by atoms with van der Waals surface area (Å²) in [4.78, 5) is 31.6. The standard InChI is InChI=1S/C28H35ClN4O3/c1-19-13-20(2)16-31(15-19)11-4-10-30-27(35)28(3)18-32-23-9-12-36-25(23)14-24(32)26(34)33(28)17-21-5-7-22(29)8-6-21/h5-9,12,14,19-20H,4,10-11,13,15-18H2,1-3H3,(H,30,35)/t19-,20+,28-/m0/s1. The van der Waals surface area contributed by atoms with Crippen molar-refractivity contribution in [2.75, 3.05) is 26.2 Å². The van der Waals surface area contributed by atoms with Gasteiger partial charge >= 0.3 is 0 Å². The number of fused-ring (bicyclic) bond motifs is 3. The van der Waals surface area contributed by atoms with Crippen LogP contribution in [0.15, 0.2) is 47.1 Å². The van der Waals surface area contributed by atoms with Crippen molar-refractivity contribution in [2.24, 2.45) is 11.8 Å². The lowest BCUT2D eigenvalue weighted by atomic mass is 9.92. The van der Waals surface area contributed by atoms with Crippen LogP contribution >= 0.6 is 11.6 Å². The van der Waals surface area contributed by atoms with Crippen LogP contribution in [0.4, 0.5) is 0 Å². The molecule has 0 unspecified atom stereocenters. The number of carbonyl (C=O) groups excluding carboxylic acids is 2. The topological polar surface area (TPSA) is 70.7 Å². The summed E-state index contributed by atoms with van der Waals surface area (Å²) < 4.78 is 7.47. The Morgan fingerprint density at radius 3 is 2.61 bits per heavy atom. The smallest absolute Gasteiger partial charge is 0.271 e. The fraction of sp³-hybridized carbons (Fsp3) is 0.500. The minimum atomic E-state index is -1.05. The number of carbonyl (C=O) groups is 2. The van der Waals surface area contributed by atoms with Crippen LogP contribution in [0.5, 0.6) is 0 Å². The molecule has 3 atom stereocenters. The lowest BCUT2D eigenvalue weighted by Crippen LogP contribution is -2.63. The lowest BCUT2D eigenvalue weighted by molar-refractivity contribution is -0.133. The first-order chi connectivity index (χ1) is 17.2. The molecule has 2 amide bonds. The number of benzene rings is 1. The number of hydrogen-bond donors (Lipinski definition) is 1. The van der Waals surface area contributed by atoms with Gasteiger partial charge in [0.15, 0.2) is 5.58 Å². The third kappa shape index (κ3) is 4.78. The monoisotopic (exact) mass is 510 g/mol. The van der Waals surface area contributed by atoms with Gasteiger partial charge in [-0.1, -0.05) is 37.6 Å². The first-order valence-electron chi connectivity index (χ1n) is 12.9. The molecule has 192 valence electrons. The molecule has 2 aliphatic heterocycles. The van der Waals surface area contributed by atoms with E-state index in [-0.39, 0.29) is 11.8 Å². The Hall–Kier alpha value is -2.77. The zero-order valence-corrected chi connectivity index (χ0v) is 22.1. The Morgan fingerprint density at radius 2 is 1.89 bits per heavy atom. The Bertz CT molecular complexity index is 1240. The maximum atomic E-state index is 13.7. The number of nitrogens with zero attached hydrogens (tertiary/aromatic N) is 3. The van der Waals surface area contributed by atoms with E-state index in [2.05, 4.69) is 24.1 Å². The van der Waals surface area contributed by atoms with E-state index in [9.17, 15) is 9.59 Å². The summed E-state index contributed by atoms with van der Waals surface area (Å²) in [6.07, 6.45) is 3.78. The predicted octanol–water partition coefficient (Wildman–Crippen LogP) is 4.79. The molecule has 0 saturated carbocycles. The van der Waals surface area contributed by atoms with E-state index in [1.54, 1.807) is 29.4 Å². The SMILES string of the molecule is C[C@@H]1C[C@H](C)CN(CCCNC(=O)[C@]2(C)Cn3c(cc4occc43)C(=O)N2Cc2ccc(Cl)cc2)C1. The number of halogens is 1.